The van der Waals surface area contributed by atoms with Gasteiger partial charge in [0.15, 0.2) is 0 Å². The maximum atomic E-state index is 10.2. The van der Waals surface area contributed by atoms with Crippen LogP contribution in [0.25, 0.3) is 0 Å². The number of anilines is 1. The second-order valence-corrected chi connectivity index (χ2v) is 5.90. The summed E-state index contributed by atoms with van der Waals surface area (Å²) in [5.41, 5.74) is 4.74. The molecule has 2 heterocycles. The fourth-order valence-corrected chi connectivity index (χ4v) is 3.16. The van der Waals surface area contributed by atoms with Crippen molar-refractivity contribution >= 4 is 5.69 Å². The van der Waals surface area contributed by atoms with E-state index < -0.39 is 5.60 Å². The molecule has 0 radical (unpaired) electrons. The summed E-state index contributed by atoms with van der Waals surface area (Å²) < 4.78 is 0. The van der Waals surface area contributed by atoms with E-state index in [1.165, 1.54) is 55.6 Å². The van der Waals surface area contributed by atoms with Crippen molar-refractivity contribution in [1.82, 2.24) is 0 Å². The Labute approximate surface area is 103 Å². The second-order valence-electron chi connectivity index (χ2n) is 5.90. The third-order valence-corrected chi connectivity index (χ3v) is 4.04. The minimum absolute atomic E-state index is 0.717. The first-order valence-electron chi connectivity index (χ1n) is 6.69. The molecule has 0 bridgehead atoms. The van der Waals surface area contributed by atoms with Crippen LogP contribution in [0.1, 0.15) is 43.4 Å². The van der Waals surface area contributed by atoms with Crippen molar-refractivity contribution in [2.75, 3.05) is 18.0 Å². The van der Waals surface area contributed by atoms with E-state index in [4.69, 9.17) is 0 Å². The number of nitrogens with zero attached hydrogens (tertiary/aromatic N) is 1. The highest BCUT2D eigenvalue weighted by Gasteiger charge is 2.27. The zero-order valence-corrected chi connectivity index (χ0v) is 10.8. The SMILES string of the molecule is CC(C)(O)c1cc2c3c(c1)CCCN3CCC2. The van der Waals surface area contributed by atoms with Crippen LogP contribution in [0, 0.1) is 0 Å². The molecule has 17 heavy (non-hydrogen) atoms. The fraction of sp³-hybridized carbons (Fsp3) is 0.600. The summed E-state index contributed by atoms with van der Waals surface area (Å²) >= 11 is 0. The quantitative estimate of drug-likeness (QED) is 0.803. The molecule has 2 nitrogen and oxygen atoms in total. The van der Waals surface area contributed by atoms with Crippen LogP contribution in [0.3, 0.4) is 0 Å². The molecule has 1 aromatic carbocycles. The number of hydrogen-bond acceptors (Lipinski definition) is 2. The molecule has 1 N–H and O–H groups in total. The Balaban J connectivity index is 2.15. The summed E-state index contributed by atoms with van der Waals surface area (Å²) in [4.78, 5) is 2.53. The summed E-state index contributed by atoms with van der Waals surface area (Å²) in [5, 5.41) is 10.2. The van der Waals surface area contributed by atoms with Crippen LogP contribution >= 0.6 is 0 Å². The number of aliphatic hydroxyl groups is 1. The van der Waals surface area contributed by atoms with E-state index in [2.05, 4.69) is 17.0 Å². The fourth-order valence-electron chi connectivity index (χ4n) is 3.16. The Morgan fingerprint density at radius 1 is 1.06 bits per heavy atom. The lowest BCUT2D eigenvalue weighted by Crippen LogP contribution is -2.35. The van der Waals surface area contributed by atoms with Crippen molar-refractivity contribution in [3.05, 3.63) is 28.8 Å². The number of rotatable bonds is 1. The van der Waals surface area contributed by atoms with E-state index in [0.29, 0.717) is 0 Å². The normalized spacial score (nSPS) is 19.1. The van der Waals surface area contributed by atoms with E-state index in [1.807, 2.05) is 13.8 Å². The van der Waals surface area contributed by atoms with Crippen molar-refractivity contribution in [3.8, 4) is 0 Å². The molecule has 0 atom stereocenters. The van der Waals surface area contributed by atoms with Gasteiger partial charge < -0.3 is 10.0 Å². The molecule has 2 aliphatic rings. The van der Waals surface area contributed by atoms with Crippen molar-refractivity contribution < 1.29 is 5.11 Å². The lowest BCUT2D eigenvalue weighted by molar-refractivity contribution is 0.0784. The van der Waals surface area contributed by atoms with Gasteiger partial charge in [0, 0.05) is 18.8 Å². The van der Waals surface area contributed by atoms with Crippen LogP contribution in [-0.2, 0) is 18.4 Å². The first kappa shape index (κ1) is 11.1. The lowest BCUT2D eigenvalue weighted by Gasteiger charge is -2.38. The highest BCUT2D eigenvalue weighted by atomic mass is 16.3. The number of hydrogen-bond donors (Lipinski definition) is 1. The van der Waals surface area contributed by atoms with Gasteiger partial charge in [-0.05, 0) is 56.2 Å². The maximum absolute atomic E-state index is 10.2. The van der Waals surface area contributed by atoms with Crippen molar-refractivity contribution in [3.63, 3.8) is 0 Å². The van der Waals surface area contributed by atoms with E-state index >= 15 is 0 Å². The van der Waals surface area contributed by atoms with Gasteiger partial charge in [-0.15, -0.1) is 0 Å². The molecule has 0 aromatic heterocycles. The van der Waals surface area contributed by atoms with Crippen LogP contribution in [0.5, 0.6) is 0 Å². The van der Waals surface area contributed by atoms with Gasteiger partial charge in [-0.25, -0.2) is 0 Å². The average Bonchev–Trinajstić information content (AvgIpc) is 2.28. The number of aryl methyl sites for hydroxylation is 2. The first-order valence-corrected chi connectivity index (χ1v) is 6.69. The molecule has 0 fully saturated rings. The summed E-state index contributed by atoms with van der Waals surface area (Å²) in [6.07, 6.45) is 4.84. The largest absolute Gasteiger partial charge is 0.386 e. The molecule has 0 saturated heterocycles. The van der Waals surface area contributed by atoms with E-state index in [-0.39, 0.29) is 0 Å². The monoisotopic (exact) mass is 231 g/mol. The second kappa shape index (κ2) is 3.74. The van der Waals surface area contributed by atoms with E-state index in [0.717, 1.165) is 5.56 Å². The Morgan fingerprint density at radius 2 is 1.59 bits per heavy atom. The average molecular weight is 231 g/mol. The molecule has 1 aromatic rings. The molecule has 0 spiro atoms. The van der Waals surface area contributed by atoms with Gasteiger partial charge in [0.1, 0.15) is 0 Å². The van der Waals surface area contributed by atoms with Crippen LogP contribution in [0.4, 0.5) is 5.69 Å². The smallest absolute Gasteiger partial charge is 0.0840 e. The summed E-state index contributed by atoms with van der Waals surface area (Å²) in [6, 6.07) is 4.44. The van der Waals surface area contributed by atoms with Gasteiger partial charge >= 0.3 is 0 Å². The van der Waals surface area contributed by atoms with Crippen LogP contribution in [0.15, 0.2) is 12.1 Å². The first-order chi connectivity index (χ1) is 8.05. The van der Waals surface area contributed by atoms with Gasteiger partial charge in [0.2, 0.25) is 0 Å². The zero-order chi connectivity index (χ0) is 12.0. The van der Waals surface area contributed by atoms with E-state index in [1.54, 1.807) is 0 Å². The van der Waals surface area contributed by atoms with E-state index in [9.17, 15) is 5.11 Å². The molecule has 2 heteroatoms. The molecular formula is C15H21NO. The maximum Gasteiger partial charge on any atom is 0.0840 e. The van der Waals surface area contributed by atoms with Crippen LogP contribution in [-0.4, -0.2) is 18.2 Å². The minimum atomic E-state index is -0.717. The Hall–Kier alpha value is -1.02. The third kappa shape index (κ3) is 1.85. The topological polar surface area (TPSA) is 23.5 Å². The van der Waals surface area contributed by atoms with Gasteiger partial charge in [0.05, 0.1) is 5.60 Å². The Kier molecular flexibility index (Phi) is 2.44. The van der Waals surface area contributed by atoms with Crippen molar-refractivity contribution in [2.24, 2.45) is 0 Å². The number of benzene rings is 1. The lowest BCUT2D eigenvalue weighted by atomic mass is 9.86. The summed E-state index contributed by atoms with van der Waals surface area (Å²) in [7, 11) is 0. The Bertz CT molecular complexity index is 414. The molecular weight excluding hydrogens is 210 g/mol. The molecule has 0 unspecified atom stereocenters. The van der Waals surface area contributed by atoms with Gasteiger partial charge in [0.25, 0.3) is 0 Å². The van der Waals surface area contributed by atoms with Crippen molar-refractivity contribution in [1.29, 1.82) is 0 Å². The highest BCUT2D eigenvalue weighted by molar-refractivity contribution is 5.64. The standard InChI is InChI=1S/C15H21NO/c1-15(2,17)13-9-11-5-3-7-16-8-4-6-12(10-13)14(11)16/h9-10,17H,3-8H2,1-2H3. The minimum Gasteiger partial charge on any atom is -0.386 e. The highest BCUT2D eigenvalue weighted by Crippen LogP contribution is 2.38. The van der Waals surface area contributed by atoms with Crippen molar-refractivity contribution in [2.45, 2.75) is 45.1 Å². The third-order valence-electron chi connectivity index (χ3n) is 4.04. The van der Waals surface area contributed by atoms with Gasteiger partial charge in [-0.2, -0.15) is 0 Å². The molecule has 92 valence electrons. The molecule has 0 saturated carbocycles. The molecule has 3 rings (SSSR count). The molecule has 2 aliphatic heterocycles. The van der Waals surface area contributed by atoms with Crippen LogP contribution in [0.2, 0.25) is 0 Å². The van der Waals surface area contributed by atoms with Gasteiger partial charge in [-0.3, -0.25) is 0 Å². The molecule has 0 aliphatic carbocycles. The summed E-state index contributed by atoms with van der Waals surface area (Å²) in [6.45, 7) is 6.18. The van der Waals surface area contributed by atoms with Gasteiger partial charge in [-0.1, -0.05) is 12.1 Å². The zero-order valence-electron chi connectivity index (χ0n) is 10.8. The van der Waals surface area contributed by atoms with Crippen LogP contribution < -0.4 is 4.90 Å². The summed E-state index contributed by atoms with van der Waals surface area (Å²) in [5.74, 6) is 0. The molecule has 0 amide bonds. The predicted molar refractivity (Wildman–Crippen MR) is 70.5 cm³/mol. The predicted octanol–water partition coefficient (Wildman–Crippen LogP) is 2.61. The Morgan fingerprint density at radius 3 is 2.06 bits per heavy atom.